The molecule has 1 aliphatic carbocycles. The zero-order valence-corrected chi connectivity index (χ0v) is 30.3. The third-order valence-electron chi connectivity index (χ3n) is 9.63. The number of aryl methyl sites for hydroxylation is 3. The van der Waals surface area contributed by atoms with Crippen LogP contribution in [0.15, 0.2) is 164 Å². The summed E-state index contributed by atoms with van der Waals surface area (Å²) >= 11 is 0. The van der Waals surface area contributed by atoms with Crippen LogP contribution >= 0.6 is 0 Å². The number of nitrogens with two attached hydrogens (primary N) is 1. The third kappa shape index (κ3) is 8.91. The van der Waals surface area contributed by atoms with Crippen molar-refractivity contribution in [2.24, 2.45) is 5.73 Å². The van der Waals surface area contributed by atoms with Crippen LogP contribution in [0.2, 0.25) is 0 Å². The van der Waals surface area contributed by atoms with Crippen molar-refractivity contribution >= 4 is 5.57 Å². The first kappa shape index (κ1) is 35.5. The summed E-state index contributed by atoms with van der Waals surface area (Å²) in [6.45, 7) is 6.96. The normalized spacial score (nSPS) is 12.8. The SMILES string of the molecule is CCCc1ccccc1-c1c(C)cccc1C(NCN)c1cc(-c2ccccc2)cc(-c2ccccc2)c1.Cc1ccc(C2=CCCC=C2)cc1. The van der Waals surface area contributed by atoms with Crippen LogP contribution in [0.5, 0.6) is 0 Å². The van der Waals surface area contributed by atoms with Crippen LogP contribution in [0, 0.1) is 13.8 Å². The Hall–Kier alpha value is -5.28. The Morgan fingerprint density at radius 3 is 1.88 bits per heavy atom. The van der Waals surface area contributed by atoms with E-state index >= 15 is 0 Å². The number of hydrogen-bond donors (Lipinski definition) is 2. The average Bonchev–Trinajstić information content (AvgIpc) is 3.19. The highest BCUT2D eigenvalue weighted by Crippen LogP contribution is 2.39. The summed E-state index contributed by atoms with van der Waals surface area (Å²) in [5.41, 5.74) is 22.8. The van der Waals surface area contributed by atoms with E-state index in [-0.39, 0.29) is 6.04 Å². The van der Waals surface area contributed by atoms with Gasteiger partial charge in [-0.25, -0.2) is 0 Å². The molecule has 2 nitrogen and oxygen atoms in total. The van der Waals surface area contributed by atoms with Gasteiger partial charge in [-0.05, 0) is 118 Å². The van der Waals surface area contributed by atoms with Gasteiger partial charge in [-0.1, -0.05) is 165 Å². The molecule has 3 N–H and O–H groups in total. The maximum absolute atomic E-state index is 6.20. The Kier molecular flexibility index (Phi) is 12.3. The van der Waals surface area contributed by atoms with Gasteiger partial charge < -0.3 is 5.73 Å². The van der Waals surface area contributed by atoms with Crippen molar-refractivity contribution in [1.29, 1.82) is 0 Å². The van der Waals surface area contributed by atoms with Gasteiger partial charge >= 0.3 is 0 Å². The van der Waals surface area contributed by atoms with Crippen molar-refractivity contribution in [2.75, 3.05) is 6.67 Å². The highest BCUT2D eigenvalue weighted by molar-refractivity contribution is 5.78. The smallest absolute Gasteiger partial charge is 0.0593 e. The lowest BCUT2D eigenvalue weighted by Gasteiger charge is -2.26. The minimum atomic E-state index is -0.0595. The lowest BCUT2D eigenvalue weighted by atomic mass is 9.84. The maximum Gasteiger partial charge on any atom is 0.0593 e. The quantitative estimate of drug-likeness (QED) is 0.143. The zero-order chi connectivity index (χ0) is 35.4. The van der Waals surface area contributed by atoms with E-state index in [1.54, 1.807) is 0 Å². The zero-order valence-electron chi connectivity index (χ0n) is 30.3. The van der Waals surface area contributed by atoms with Gasteiger partial charge in [0.2, 0.25) is 0 Å². The molecule has 6 aromatic rings. The monoisotopic (exact) mass is 666 g/mol. The highest BCUT2D eigenvalue weighted by Gasteiger charge is 2.22. The lowest BCUT2D eigenvalue weighted by molar-refractivity contribution is 0.620. The minimum absolute atomic E-state index is 0.0595. The van der Waals surface area contributed by atoms with Crippen LogP contribution in [0.1, 0.15) is 65.6 Å². The molecule has 7 rings (SSSR count). The lowest BCUT2D eigenvalue weighted by Crippen LogP contribution is -2.29. The van der Waals surface area contributed by atoms with E-state index in [2.05, 4.69) is 190 Å². The molecular weight excluding hydrogens is 617 g/mol. The molecule has 256 valence electrons. The molecule has 0 heterocycles. The third-order valence-corrected chi connectivity index (χ3v) is 9.63. The molecular formula is C49H50N2. The summed E-state index contributed by atoms with van der Waals surface area (Å²) in [5.74, 6) is 0. The van der Waals surface area contributed by atoms with Crippen LogP contribution < -0.4 is 11.1 Å². The summed E-state index contributed by atoms with van der Waals surface area (Å²) in [4.78, 5) is 0. The molecule has 0 amide bonds. The van der Waals surface area contributed by atoms with E-state index in [0.717, 1.165) is 12.8 Å². The Morgan fingerprint density at radius 2 is 1.27 bits per heavy atom. The molecule has 0 saturated heterocycles. The van der Waals surface area contributed by atoms with Crippen molar-refractivity contribution in [2.45, 2.75) is 52.5 Å². The van der Waals surface area contributed by atoms with Crippen LogP contribution in [0.4, 0.5) is 0 Å². The first-order valence-electron chi connectivity index (χ1n) is 18.4. The van der Waals surface area contributed by atoms with Gasteiger partial charge in [-0.3, -0.25) is 5.32 Å². The topological polar surface area (TPSA) is 38.0 Å². The van der Waals surface area contributed by atoms with Crippen molar-refractivity contribution in [3.05, 3.63) is 197 Å². The summed E-state index contributed by atoms with van der Waals surface area (Å²) in [5, 5.41) is 3.64. The highest BCUT2D eigenvalue weighted by atomic mass is 15.0. The fraction of sp³-hybridized carbons (Fsp3) is 0.184. The molecule has 0 aliphatic heterocycles. The summed E-state index contributed by atoms with van der Waals surface area (Å²) in [6, 6.07) is 52.3. The van der Waals surface area contributed by atoms with Gasteiger partial charge in [0.1, 0.15) is 0 Å². The fourth-order valence-corrected chi connectivity index (χ4v) is 7.06. The summed E-state index contributed by atoms with van der Waals surface area (Å²) in [7, 11) is 0. The standard InChI is InChI=1S/C36H36N2.C13H14/c1-3-13-29-19-10-11-20-33(29)35-26(2)14-12-21-34(35)36(38-25-37)32-23-30(27-15-6-4-7-16-27)22-31(24-32)28-17-8-5-9-18-28;1-11-7-9-13(10-8-11)12-5-3-2-4-6-12/h4-12,14-24,36,38H,3,13,25,37H2,1-2H3;3,5-10H,2,4H2,1H3. The second-order valence-corrected chi connectivity index (χ2v) is 13.4. The van der Waals surface area contributed by atoms with E-state index in [0.29, 0.717) is 6.67 Å². The molecule has 0 bridgehead atoms. The average molecular weight is 667 g/mol. The van der Waals surface area contributed by atoms with Crippen molar-refractivity contribution in [1.82, 2.24) is 5.32 Å². The summed E-state index contributed by atoms with van der Waals surface area (Å²) in [6.07, 6.45) is 11.3. The van der Waals surface area contributed by atoms with Gasteiger partial charge in [0.25, 0.3) is 0 Å². The van der Waals surface area contributed by atoms with Crippen molar-refractivity contribution in [3.8, 4) is 33.4 Å². The van der Waals surface area contributed by atoms with E-state index in [1.807, 2.05) is 0 Å². The number of allylic oxidation sites excluding steroid dienone is 4. The van der Waals surface area contributed by atoms with Crippen LogP contribution in [-0.2, 0) is 6.42 Å². The van der Waals surface area contributed by atoms with E-state index in [9.17, 15) is 0 Å². The molecule has 1 atom stereocenters. The van der Waals surface area contributed by atoms with Gasteiger partial charge in [0, 0.05) is 6.67 Å². The van der Waals surface area contributed by atoms with Gasteiger partial charge in [-0.2, -0.15) is 0 Å². The van der Waals surface area contributed by atoms with E-state index in [4.69, 9.17) is 5.73 Å². The van der Waals surface area contributed by atoms with Crippen LogP contribution in [0.25, 0.3) is 39.0 Å². The molecule has 2 heteroatoms. The van der Waals surface area contributed by atoms with Crippen LogP contribution in [-0.4, -0.2) is 6.67 Å². The molecule has 51 heavy (non-hydrogen) atoms. The fourth-order valence-electron chi connectivity index (χ4n) is 7.06. The van der Waals surface area contributed by atoms with Crippen LogP contribution in [0.3, 0.4) is 0 Å². The molecule has 6 aromatic carbocycles. The van der Waals surface area contributed by atoms with Crippen molar-refractivity contribution in [3.63, 3.8) is 0 Å². The van der Waals surface area contributed by atoms with Crippen molar-refractivity contribution < 1.29 is 0 Å². The minimum Gasteiger partial charge on any atom is -0.318 e. The predicted molar refractivity (Wildman–Crippen MR) is 219 cm³/mol. The van der Waals surface area contributed by atoms with E-state index < -0.39 is 0 Å². The van der Waals surface area contributed by atoms with Gasteiger partial charge in [0.05, 0.1) is 6.04 Å². The molecule has 0 radical (unpaired) electrons. The number of benzene rings is 6. The van der Waals surface area contributed by atoms with Gasteiger partial charge in [0.15, 0.2) is 0 Å². The molecule has 0 aromatic heterocycles. The number of rotatable bonds is 10. The summed E-state index contributed by atoms with van der Waals surface area (Å²) < 4.78 is 0. The first-order valence-corrected chi connectivity index (χ1v) is 18.4. The maximum atomic E-state index is 6.20. The number of nitrogens with one attached hydrogen (secondary N) is 1. The predicted octanol–water partition coefficient (Wildman–Crippen LogP) is 12.3. The molecule has 0 fully saturated rings. The van der Waals surface area contributed by atoms with Gasteiger partial charge in [-0.15, -0.1) is 0 Å². The first-order chi connectivity index (χ1) is 25.1. The molecule has 0 spiro atoms. The molecule has 1 aliphatic rings. The number of hydrogen-bond acceptors (Lipinski definition) is 2. The second-order valence-electron chi connectivity index (χ2n) is 13.4. The Labute approximate surface area is 305 Å². The Balaban J connectivity index is 0.000000288. The Morgan fingerprint density at radius 1 is 0.627 bits per heavy atom. The largest absolute Gasteiger partial charge is 0.318 e. The Bertz CT molecular complexity index is 2010. The molecule has 0 saturated carbocycles. The molecule has 1 unspecified atom stereocenters. The second kappa shape index (κ2) is 17.6. The van der Waals surface area contributed by atoms with E-state index in [1.165, 1.54) is 85.2 Å².